The molecule has 0 unspecified atom stereocenters. The van der Waals surface area contributed by atoms with Crippen molar-refractivity contribution in [1.82, 2.24) is 10.3 Å². The summed E-state index contributed by atoms with van der Waals surface area (Å²) in [5, 5.41) is 12.7. The van der Waals surface area contributed by atoms with Crippen molar-refractivity contribution in [3.05, 3.63) is 36.0 Å². The van der Waals surface area contributed by atoms with Crippen LogP contribution in [0.4, 0.5) is 0 Å². The number of carbonyl (C=O) groups is 1. The molecule has 0 bridgehead atoms. The first-order valence-corrected chi connectivity index (χ1v) is 6.02. The zero-order valence-corrected chi connectivity index (χ0v) is 10.2. The topological polar surface area (TPSA) is 68.7 Å². The van der Waals surface area contributed by atoms with Crippen LogP contribution >= 0.6 is 0 Å². The van der Waals surface area contributed by atoms with E-state index in [1.165, 1.54) is 0 Å². The lowest BCUT2D eigenvalue weighted by molar-refractivity contribution is 0.0944. The molecule has 1 amide bonds. The van der Waals surface area contributed by atoms with Crippen molar-refractivity contribution in [2.45, 2.75) is 25.8 Å². The number of nitrogens with one attached hydrogen (secondary N) is 2. The number of aromatic amines is 1. The molecule has 2 rings (SSSR count). The third kappa shape index (κ3) is 2.51. The number of fused-ring (bicyclic) bond motifs is 1. The molecule has 0 radical (unpaired) electrons. The van der Waals surface area contributed by atoms with Gasteiger partial charge in [-0.15, -0.1) is 0 Å². The number of H-pyrrole nitrogens is 1. The van der Waals surface area contributed by atoms with E-state index in [1.807, 2.05) is 25.3 Å². The first-order valence-electron chi connectivity index (χ1n) is 6.02. The summed E-state index contributed by atoms with van der Waals surface area (Å²) in [6, 6.07) is 9.09. The normalized spacial score (nSPS) is 12.0. The standard InChI is InChI=1S/C14H15N3O/c1-2-3-12(9-15)17-14(18)11-5-4-10-6-7-16-13(10)8-11/h4-8,12,16H,2-3H2,1H3,(H,17,18)/t12-/m1/s1. The maximum absolute atomic E-state index is 12.0. The Morgan fingerprint density at radius 1 is 1.50 bits per heavy atom. The molecule has 92 valence electrons. The highest BCUT2D eigenvalue weighted by atomic mass is 16.1. The van der Waals surface area contributed by atoms with E-state index in [9.17, 15) is 4.79 Å². The first kappa shape index (κ1) is 12.2. The van der Waals surface area contributed by atoms with Crippen molar-refractivity contribution < 1.29 is 4.79 Å². The van der Waals surface area contributed by atoms with E-state index in [4.69, 9.17) is 5.26 Å². The quantitative estimate of drug-likeness (QED) is 0.863. The molecule has 0 aliphatic heterocycles. The molecular formula is C14H15N3O. The maximum atomic E-state index is 12.0. The molecule has 1 aromatic carbocycles. The predicted octanol–water partition coefficient (Wildman–Crippen LogP) is 2.59. The van der Waals surface area contributed by atoms with Crippen LogP contribution < -0.4 is 5.32 Å². The van der Waals surface area contributed by atoms with Crippen molar-refractivity contribution >= 4 is 16.8 Å². The molecule has 4 nitrogen and oxygen atoms in total. The third-order valence-electron chi connectivity index (χ3n) is 2.86. The first-order chi connectivity index (χ1) is 8.74. The minimum absolute atomic E-state index is 0.202. The van der Waals surface area contributed by atoms with Gasteiger partial charge in [-0.2, -0.15) is 5.26 Å². The SMILES string of the molecule is CCC[C@H](C#N)NC(=O)c1ccc2cc[nH]c2c1. The van der Waals surface area contributed by atoms with Crippen molar-refractivity contribution in [3.8, 4) is 6.07 Å². The number of hydrogen-bond donors (Lipinski definition) is 2. The molecular weight excluding hydrogens is 226 g/mol. The van der Waals surface area contributed by atoms with Crippen LogP contribution in [0.1, 0.15) is 30.1 Å². The lowest BCUT2D eigenvalue weighted by Gasteiger charge is -2.10. The number of carbonyl (C=O) groups excluding carboxylic acids is 1. The highest BCUT2D eigenvalue weighted by molar-refractivity contribution is 5.98. The van der Waals surface area contributed by atoms with Gasteiger partial charge in [-0.25, -0.2) is 0 Å². The van der Waals surface area contributed by atoms with Crippen molar-refractivity contribution in [2.75, 3.05) is 0 Å². The van der Waals surface area contributed by atoms with Crippen LogP contribution in [0, 0.1) is 11.3 Å². The maximum Gasteiger partial charge on any atom is 0.252 e. The van der Waals surface area contributed by atoms with Crippen LogP contribution in [0.5, 0.6) is 0 Å². The molecule has 0 fully saturated rings. The Balaban J connectivity index is 2.15. The number of rotatable bonds is 4. The lowest BCUT2D eigenvalue weighted by Crippen LogP contribution is -2.33. The fourth-order valence-corrected chi connectivity index (χ4v) is 1.89. The average molecular weight is 241 g/mol. The number of amides is 1. The Kier molecular flexibility index (Phi) is 3.63. The number of aromatic nitrogens is 1. The van der Waals surface area contributed by atoms with E-state index in [0.29, 0.717) is 12.0 Å². The van der Waals surface area contributed by atoms with Gasteiger partial charge in [-0.1, -0.05) is 19.4 Å². The van der Waals surface area contributed by atoms with Gasteiger partial charge in [0.1, 0.15) is 6.04 Å². The Bertz CT molecular complexity index is 594. The largest absolute Gasteiger partial charge is 0.361 e. The molecule has 1 aromatic heterocycles. The van der Waals surface area contributed by atoms with E-state index in [-0.39, 0.29) is 5.91 Å². The van der Waals surface area contributed by atoms with E-state index in [1.54, 1.807) is 12.1 Å². The van der Waals surface area contributed by atoms with Crippen molar-refractivity contribution in [3.63, 3.8) is 0 Å². The average Bonchev–Trinajstić information content (AvgIpc) is 2.85. The monoisotopic (exact) mass is 241 g/mol. The fourth-order valence-electron chi connectivity index (χ4n) is 1.89. The smallest absolute Gasteiger partial charge is 0.252 e. The summed E-state index contributed by atoms with van der Waals surface area (Å²) in [4.78, 5) is 15.0. The molecule has 1 heterocycles. The number of hydrogen-bond acceptors (Lipinski definition) is 2. The van der Waals surface area contributed by atoms with Gasteiger partial charge in [-0.05, 0) is 30.0 Å². The van der Waals surface area contributed by atoms with Gasteiger partial charge in [0, 0.05) is 17.3 Å². The fraction of sp³-hybridized carbons (Fsp3) is 0.286. The lowest BCUT2D eigenvalue weighted by atomic mass is 10.1. The van der Waals surface area contributed by atoms with E-state index in [0.717, 1.165) is 17.3 Å². The van der Waals surface area contributed by atoms with Gasteiger partial charge in [0.2, 0.25) is 0 Å². The molecule has 0 aliphatic carbocycles. The van der Waals surface area contributed by atoms with Gasteiger partial charge < -0.3 is 10.3 Å². The van der Waals surface area contributed by atoms with Crippen LogP contribution in [-0.2, 0) is 0 Å². The molecule has 1 atom stereocenters. The number of benzene rings is 1. The second kappa shape index (κ2) is 5.37. The van der Waals surface area contributed by atoms with Gasteiger partial charge in [0.25, 0.3) is 5.91 Å². The van der Waals surface area contributed by atoms with Crippen LogP contribution in [0.3, 0.4) is 0 Å². The minimum atomic E-state index is -0.415. The zero-order valence-electron chi connectivity index (χ0n) is 10.2. The molecule has 0 spiro atoms. The summed E-state index contributed by atoms with van der Waals surface area (Å²) in [6.07, 6.45) is 3.38. The number of nitriles is 1. The Morgan fingerprint density at radius 3 is 3.06 bits per heavy atom. The van der Waals surface area contributed by atoms with Gasteiger partial charge in [-0.3, -0.25) is 4.79 Å². The summed E-state index contributed by atoms with van der Waals surface area (Å²) in [5.41, 5.74) is 1.49. The molecule has 0 saturated carbocycles. The van der Waals surface area contributed by atoms with Crippen LogP contribution in [-0.4, -0.2) is 16.9 Å². The van der Waals surface area contributed by atoms with Crippen LogP contribution in [0.2, 0.25) is 0 Å². The van der Waals surface area contributed by atoms with Gasteiger partial charge in [0.15, 0.2) is 0 Å². The van der Waals surface area contributed by atoms with Crippen LogP contribution in [0.15, 0.2) is 30.5 Å². The summed E-state index contributed by atoms with van der Waals surface area (Å²) >= 11 is 0. The molecule has 18 heavy (non-hydrogen) atoms. The van der Waals surface area contributed by atoms with E-state index >= 15 is 0 Å². The van der Waals surface area contributed by atoms with E-state index < -0.39 is 6.04 Å². The molecule has 4 heteroatoms. The summed E-state index contributed by atoms with van der Waals surface area (Å²) in [6.45, 7) is 1.99. The third-order valence-corrected chi connectivity index (χ3v) is 2.86. The minimum Gasteiger partial charge on any atom is -0.361 e. The Morgan fingerprint density at radius 2 is 2.33 bits per heavy atom. The zero-order chi connectivity index (χ0) is 13.0. The number of nitrogens with zero attached hydrogens (tertiary/aromatic N) is 1. The summed E-state index contributed by atoms with van der Waals surface area (Å²) < 4.78 is 0. The Hall–Kier alpha value is -2.28. The van der Waals surface area contributed by atoms with Crippen molar-refractivity contribution in [2.24, 2.45) is 0 Å². The Labute approximate surface area is 106 Å². The second-order valence-corrected chi connectivity index (χ2v) is 4.22. The second-order valence-electron chi connectivity index (χ2n) is 4.22. The van der Waals surface area contributed by atoms with Gasteiger partial charge in [0.05, 0.1) is 6.07 Å². The molecule has 2 aromatic rings. The summed E-state index contributed by atoms with van der Waals surface area (Å²) in [5.74, 6) is -0.202. The van der Waals surface area contributed by atoms with Crippen molar-refractivity contribution in [1.29, 1.82) is 5.26 Å². The predicted molar refractivity (Wildman–Crippen MR) is 70.1 cm³/mol. The highest BCUT2D eigenvalue weighted by Crippen LogP contribution is 2.14. The molecule has 0 saturated heterocycles. The van der Waals surface area contributed by atoms with E-state index in [2.05, 4.69) is 16.4 Å². The molecule has 2 N–H and O–H groups in total. The van der Waals surface area contributed by atoms with Gasteiger partial charge >= 0.3 is 0 Å². The highest BCUT2D eigenvalue weighted by Gasteiger charge is 2.12. The van der Waals surface area contributed by atoms with Crippen LogP contribution in [0.25, 0.3) is 10.9 Å². The molecule has 0 aliphatic rings. The summed E-state index contributed by atoms with van der Waals surface area (Å²) in [7, 11) is 0.